The summed E-state index contributed by atoms with van der Waals surface area (Å²) in [5, 5.41) is 0.966. The smallest absolute Gasteiger partial charge is 0.256 e. The van der Waals surface area contributed by atoms with E-state index in [0.717, 1.165) is 28.6 Å². The maximum absolute atomic E-state index is 12.7. The van der Waals surface area contributed by atoms with E-state index in [1.165, 1.54) is 0 Å². The highest BCUT2D eigenvalue weighted by Crippen LogP contribution is 2.23. The summed E-state index contributed by atoms with van der Waals surface area (Å²) in [6.07, 6.45) is 0.846. The first-order chi connectivity index (χ1) is 9.70. The number of rotatable bonds is 2. The number of carbonyl (C=O) groups excluding carboxylic acids is 2. The molecule has 1 aromatic heterocycles. The lowest BCUT2D eigenvalue weighted by Gasteiger charge is -2.32. The summed E-state index contributed by atoms with van der Waals surface area (Å²) in [7, 11) is 0. The van der Waals surface area contributed by atoms with Gasteiger partial charge in [-0.2, -0.15) is 0 Å². The molecule has 0 saturated carbocycles. The topological polar surface area (TPSA) is 56.4 Å². The van der Waals surface area contributed by atoms with Crippen LogP contribution in [0.1, 0.15) is 16.1 Å². The first-order valence-corrected chi connectivity index (χ1v) is 6.76. The van der Waals surface area contributed by atoms with Gasteiger partial charge in [0.15, 0.2) is 0 Å². The van der Waals surface area contributed by atoms with Crippen molar-refractivity contribution in [2.75, 3.05) is 26.2 Å². The molecule has 20 heavy (non-hydrogen) atoms. The molecule has 2 aromatic rings. The van der Waals surface area contributed by atoms with Gasteiger partial charge in [0.05, 0.1) is 5.56 Å². The molecule has 0 atom stereocenters. The van der Waals surface area contributed by atoms with E-state index >= 15 is 0 Å². The van der Waals surface area contributed by atoms with Gasteiger partial charge >= 0.3 is 0 Å². The van der Waals surface area contributed by atoms with Gasteiger partial charge in [-0.25, -0.2) is 0 Å². The molecule has 0 bridgehead atoms. The summed E-state index contributed by atoms with van der Waals surface area (Å²) in [6, 6.07) is 7.84. The van der Waals surface area contributed by atoms with E-state index in [-0.39, 0.29) is 5.91 Å². The van der Waals surface area contributed by atoms with Crippen molar-refractivity contribution >= 4 is 23.2 Å². The number of hydrogen-bond acceptors (Lipinski definition) is 2. The average Bonchev–Trinajstić information content (AvgIpc) is 2.82. The number of carbonyl (C=O) groups is 2. The Kier molecular flexibility index (Phi) is 3.18. The first kappa shape index (κ1) is 12.7. The Morgan fingerprint density at radius 3 is 2.60 bits per heavy atom. The highest BCUT2D eigenvalue weighted by molar-refractivity contribution is 6.08. The molecular weight excluding hydrogens is 254 g/mol. The Balaban J connectivity index is 1.89. The molecule has 0 aliphatic carbocycles. The van der Waals surface area contributed by atoms with Crippen molar-refractivity contribution in [3.63, 3.8) is 0 Å². The number of amides is 2. The SMILES string of the molecule is Cc1[nH]c2ccccc2c1C(=O)N1CCN(C=O)CC1. The van der Waals surface area contributed by atoms with Gasteiger partial charge in [0.25, 0.3) is 5.91 Å². The van der Waals surface area contributed by atoms with Gasteiger partial charge in [0, 0.05) is 42.8 Å². The van der Waals surface area contributed by atoms with Gasteiger partial charge in [-0.05, 0) is 13.0 Å². The molecule has 5 heteroatoms. The number of fused-ring (bicyclic) bond motifs is 1. The second-order valence-electron chi connectivity index (χ2n) is 5.10. The third kappa shape index (κ3) is 2.05. The van der Waals surface area contributed by atoms with Crippen LogP contribution in [0.4, 0.5) is 0 Å². The molecule has 1 fully saturated rings. The summed E-state index contributed by atoms with van der Waals surface area (Å²) in [4.78, 5) is 30.2. The minimum Gasteiger partial charge on any atom is -0.358 e. The molecule has 0 radical (unpaired) electrons. The van der Waals surface area contributed by atoms with Crippen LogP contribution in [0, 0.1) is 6.92 Å². The van der Waals surface area contributed by atoms with E-state index in [1.54, 1.807) is 4.90 Å². The molecule has 1 aromatic carbocycles. The number of H-pyrrole nitrogens is 1. The fraction of sp³-hybridized carbons (Fsp3) is 0.333. The van der Waals surface area contributed by atoms with Gasteiger partial charge in [-0.15, -0.1) is 0 Å². The van der Waals surface area contributed by atoms with Gasteiger partial charge < -0.3 is 14.8 Å². The van der Waals surface area contributed by atoms with Crippen molar-refractivity contribution < 1.29 is 9.59 Å². The quantitative estimate of drug-likeness (QED) is 0.839. The molecule has 5 nitrogen and oxygen atoms in total. The maximum atomic E-state index is 12.7. The van der Waals surface area contributed by atoms with Crippen LogP contribution in [-0.2, 0) is 4.79 Å². The second kappa shape index (κ2) is 5.00. The number of piperazine rings is 1. The fourth-order valence-corrected chi connectivity index (χ4v) is 2.74. The minimum atomic E-state index is 0.0468. The normalized spacial score (nSPS) is 15.7. The predicted molar refractivity (Wildman–Crippen MR) is 76.6 cm³/mol. The fourth-order valence-electron chi connectivity index (χ4n) is 2.74. The highest BCUT2D eigenvalue weighted by atomic mass is 16.2. The second-order valence-corrected chi connectivity index (χ2v) is 5.10. The molecular formula is C15H17N3O2. The lowest BCUT2D eigenvalue weighted by molar-refractivity contribution is -0.119. The molecule has 1 aliphatic heterocycles. The number of benzene rings is 1. The molecule has 2 amide bonds. The Hall–Kier alpha value is -2.30. The molecule has 0 spiro atoms. The van der Waals surface area contributed by atoms with Crippen molar-refractivity contribution in [3.8, 4) is 0 Å². The zero-order valence-electron chi connectivity index (χ0n) is 11.4. The molecule has 1 N–H and O–H groups in total. The number of aromatic amines is 1. The van der Waals surface area contributed by atoms with E-state index in [9.17, 15) is 9.59 Å². The van der Waals surface area contributed by atoms with E-state index in [4.69, 9.17) is 0 Å². The number of hydrogen-bond donors (Lipinski definition) is 1. The van der Waals surface area contributed by atoms with Crippen molar-refractivity contribution in [1.82, 2.24) is 14.8 Å². The third-order valence-corrected chi connectivity index (χ3v) is 3.86. The van der Waals surface area contributed by atoms with Crippen LogP contribution >= 0.6 is 0 Å². The Morgan fingerprint density at radius 2 is 1.90 bits per heavy atom. The highest BCUT2D eigenvalue weighted by Gasteiger charge is 2.24. The van der Waals surface area contributed by atoms with Gasteiger partial charge in [0.2, 0.25) is 6.41 Å². The van der Waals surface area contributed by atoms with Crippen LogP contribution in [0.2, 0.25) is 0 Å². The van der Waals surface area contributed by atoms with E-state index in [0.29, 0.717) is 26.2 Å². The van der Waals surface area contributed by atoms with E-state index in [2.05, 4.69) is 4.98 Å². The number of aromatic nitrogens is 1. The molecule has 2 heterocycles. The lowest BCUT2D eigenvalue weighted by atomic mass is 10.1. The Bertz CT molecular complexity index is 654. The minimum absolute atomic E-state index is 0.0468. The van der Waals surface area contributed by atoms with E-state index < -0.39 is 0 Å². The van der Waals surface area contributed by atoms with Gasteiger partial charge in [0.1, 0.15) is 0 Å². The predicted octanol–water partition coefficient (Wildman–Crippen LogP) is 1.39. The molecule has 0 unspecified atom stereocenters. The third-order valence-electron chi connectivity index (χ3n) is 3.86. The number of nitrogens with zero attached hydrogens (tertiary/aromatic N) is 2. The average molecular weight is 271 g/mol. The first-order valence-electron chi connectivity index (χ1n) is 6.76. The van der Waals surface area contributed by atoms with E-state index in [1.807, 2.05) is 36.1 Å². The zero-order valence-corrected chi connectivity index (χ0v) is 11.4. The molecule has 1 aliphatic rings. The number of aryl methyl sites for hydroxylation is 1. The van der Waals surface area contributed by atoms with Crippen molar-refractivity contribution in [2.24, 2.45) is 0 Å². The van der Waals surface area contributed by atoms with Crippen LogP contribution in [0.15, 0.2) is 24.3 Å². The summed E-state index contributed by atoms with van der Waals surface area (Å²) in [5.74, 6) is 0.0468. The van der Waals surface area contributed by atoms with Gasteiger partial charge in [-0.3, -0.25) is 9.59 Å². The van der Waals surface area contributed by atoms with Crippen LogP contribution in [-0.4, -0.2) is 53.3 Å². The standard InChI is InChI=1S/C15H17N3O2/c1-11-14(12-4-2-3-5-13(12)16-11)15(20)18-8-6-17(10-19)7-9-18/h2-5,10,16H,6-9H2,1H3. The molecule has 104 valence electrons. The maximum Gasteiger partial charge on any atom is 0.256 e. The van der Waals surface area contributed by atoms with Crippen LogP contribution in [0.25, 0.3) is 10.9 Å². The number of nitrogens with one attached hydrogen (secondary N) is 1. The summed E-state index contributed by atoms with van der Waals surface area (Å²) in [5.41, 5.74) is 2.63. The molecule has 3 rings (SSSR count). The summed E-state index contributed by atoms with van der Waals surface area (Å²) >= 11 is 0. The largest absolute Gasteiger partial charge is 0.358 e. The Labute approximate surface area is 117 Å². The van der Waals surface area contributed by atoms with Crippen LogP contribution in [0.3, 0.4) is 0 Å². The van der Waals surface area contributed by atoms with Crippen LogP contribution in [0.5, 0.6) is 0 Å². The van der Waals surface area contributed by atoms with Crippen LogP contribution < -0.4 is 0 Å². The zero-order chi connectivity index (χ0) is 14.1. The Morgan fingerprint density at radius 1 is 1.20 bits per heavy atom. The number of para-hydroxylation sites is 1. The summed E-state index contributed by atoms with van der Waals surface area (Å²) < 4.78 is 0. The van der Waals surface area contributed by atoms with Crippen molar-refractivity contribution in [2.45, 2.75) is 6.92 Å². The monoisotopic (exact) mass is 271 g/mol. The molecule has 1 saturated heterocycles. The summed E-state index contributed by atoms with van der Waals surface area (Å²) in [6.45, 7) is 4.33. The van der Waals surface area contributed by atoms with Crippen molar-refractivity contribution in [1.29, 1.82) is 0 Å². The van der Waals surface area contributed by atoms with Crippen molar-refractivity contribution in [3.05, 3.63) is 35.5 Å². The lowest BCUT2D eigenvalue weighted by Crippen LogP contribution is -2.48. The van der Waals surface area contributed by atoms with Gasteiger partial charge in [-0.1, -0.05) is 18.2 Å².